The Balaban J connectivity index is 1.97. The van der Waals surface area contributed by atoms with Gasteiger partial charge in [-0.1, -0.05) is 0 Å². The summed E-state index contributed by atoms with van der Waals surface area (Å²) in [6, 6.07) is 0. The number of aromatic amines is 1. The molecule has 0 aromatic carbocycles. The maximum absolute atomic E-state index is 5.15. The first-order chi connectivity index (χ1) is 6.77. The number of H-pyrrole nitrogens is 1. The molecule has 76 valence electrons. The summed E-state index contributed by atoms with van der Waals surface area (Å²) < 4.78 is 2.81. The van der Waals surface area contributed by atoms with Crippen molar-refractivity contribution in [2.75, 3.05) is 0 Å². The van der Waals surface area contributed by atoms with Crippen molar-refractivity contribution in [1.29, 1.82) is 0 Å². The van der Waals surface area contributed by atoms with Crippen LogP contribution in [0.4, 0.5) is 0 Å². The highest BCUT2D eigenvalue weighted by Gasteiger charge is 2.44. The fourth-order valence-corrected chi connectivity index (χ4v) is 2.51. The van der Waals surface area contributed by atoms with Gasteiger partial charge in [0.2, 0.25) is 0 Å². The third-order valence-corrected chi connectivity index (χ3v) is 3.84. The van der Waals surface area contributed by atoms with E-state index in [1.54, 1.807) is 0 Å². The van der Waals surface area contributed by atoms with Crippen molar-refractivity contribution >= 4 is 12.2 Å². The van der Waals surface area contributed by atoms with E-state index in [2.05, 4.69) is 14.8 Å². The zero-order valence-electron chi connectivity index (χ0n) is 8.36. The van der Waals surface area contributed by atoms with Crippen LogP contribution < -0.4 is 0 Å². The molecule has 1 aromatic heterocycles. The summed E-state index contributed by atoms with van der Waals surface area (Å²) in [5.41, 5.74) is 0. The van der Waals surface area contributed by atoms with Gasteiger partial charge in [-0.05, 0) is 49.7 Å². The highest BCUT2D eigenvalue weighted by Crippen LogP contribution is 2.53. The monoisotopic (exact) mass is 209 g/mol. The van der Waals surface area contributed by atoms with Gasteiger partial charge in [-0.25, -0.2) is 0 Å². The van der Waals surface area contributed by atoms with E-state index in [4.69, 9.17) is 12.2 Å². The van der Waals surface area contributed by atoms with Crippen LogP contribution in [0.5, 0.6) is 0 Å². The normalized spacial score (nSPS) is 21.9. The molecule has 3 nitrogen and oxygen atoms in total. The highest BCUT2D eigenvalue weighted by molar-refractivity contribution is 7.71. The Morgan fingerprint density at radius 1 is 1.36 bits per heavy atom. The Labute approximate surface area is 88.5 Å². The fraction of sp³-hybridized carbons (Fsp3) is 0.800. The second-order valence-electron chi connectivity index (χ2n) is 4.65. The van der Waals surface area contributed by atoms with Crippen molar-refractivity contribution in [3.05, 3.63) is 10.6 Å². The van der Waals surface area contributed by atoms with E-state index in [1.165, 1.54) is 31.5 Å². The van der Waals surface area contributed by atoms with Crippen LogP contribution in [0.25, 0.3) is 0 Å². The summed E-state index contributed by atoms with van der Waals surface area (Å²) in [4.78, 5) is 0. The predicted octanol–water partition coefficient (Wildman–Crippen LogP) is 2.38. The standard InChI is InChI=1S/C10H15N3S/c1-13-9(11-12-10(13)14)8(6-2-3-6)7-4-5-7/h6-8H,2-5H2,1H3,(H,12,14). The molecule has 0 radical (unpaired) electrons. The average molecular weight is 209 g/mol. The molecule has 0 unspecified atom stereocenters. The van der Waals surface area contributed by atoms with Gasteiger partial charge in [0.1, 0.15) is 5.82 Å². The molecule has 14 heavy (non-hydrogen) atoms. The first kappa shape index (κ1) is 8.65. The zero-order chi connectivity index (χ0) is 9.71. The molecule has 2 aliphatic rings. The third kappa shape index (κ3) is 1.32. The highest BCUT2D eigenvalue weighted by atomic mass is 32.1. The van der Waals surface area contributed by atoms with Gasteiger partial charge in [0.15, 0.2) is 4.77 Å². The number of hydrogen-bond donors (Lipinski definition) is 1. The topological polar surface area (TPSA) is 33.6 Å². The fourth-order valence-electron chi connectivity index (χ4n) is 2.37. The maximum Gasteiger partial charge on any atom is 0.194 e. The van der Waals surface area contributed by atoms with Crippen LogP contribution in [0, 0.1) is 16.6 Å². The molecule has 1 heterocycles. The van der Waals surface area contributed by atoms with Crippen LogP contribution in [-0.4, -0.2) is 14.8 Å². The van der Waals surface area contributed by atoms with Crippen LogP contribution in [-0.2, 0) is 7.05 Å². The predicted molar refractivity (Wildman–Crippen MR) is 56.6 cm³/mol. The van der Waals surface area contributed by atoms with Crippen LogP contribution in [0.1, 0.15) is 37.4 Å². The van der Waals surface area contributed by atoms with Crippen molar-refractivity contribution in [3.8, 4) is 0 Å². The molecule has 2 fully saturated rings. The van der Waals surface area contributed by atoms with Crippen LogP contribution in [0.15, 0.2) is 0 Å². The van der Waals surface area contributed by atoms with Gasteiger partial charge in [0, 0.05) is 13.0 Å². The van der Waals surface area contributed by atoms with E-state index < -0.39 is 0 Å². The molecule has 0 bridgehead atoms. The second kappa shape index (κ2) is 2.92. The van der Waals surface area contributed by atoms with Gasteiger partial charge in [0.05, 0.1) is 0 Å². The molecule has 2 saturated carbocycles. The largest absolute Gasteiger partial charge is 0.307 e. The molecule has 1 N–H and O–H groups in total. The summed E-state index contributed by atoms with van der Waals surface area (Å²) in [7, 11) is 2.03. The van der Waals surface area contributed by atoms with Crippen molar-refractivity contribution in [2.45, 2.75) is 31.6 Å². The lowest BCUT2D eigenvalue weighted by Crippen LogP contribution is -2.10. The van der Waals surface area contributed by atoms with Gasteiger partial charge in [0.25, 0.3) is 0 Å². The van der Waals surface area contributed by atoms with Crippen LogP contribution in [0.2, 0.25) is 0 Å². The van der Waals surface area contributed by atoms with Crippen molar-refractivity contribution in [2.24, 2.45) is 18.9 Å². The van der Waals surface area contributed by atoms with Gasteiger partial charge < -0.3 is 4.57 Å². The van der Waals surface area contributed by atoms with E-state index in [0.29, 0.717) is 5.92 Å². The van der Waals surface area contributed by atoms with Crippen molar-refractivity contribution < 1.29 is 0 Å². The van der Waals surface area contributed by atoms with Crippen molar-refractivity contribution in [3.63, 3.8) is 0 Å². The van der Waals surface area contributed by atoms with E-state index in [9.17, 15) is 0 Å². The molecule has 0 aliphatic heterocycles. The van der Waals surface area contributed by atoms with E-state index >= 15 is 0 Å². The average Bonchev–Trinajstić information content (AvgIpc) is 3.02. The lowest BCUT2D eigenvalue weighted by Gasteiger charge is -2.13. The summed E-state index contributed by atoms with van der Waals surface area (Å²) in [5.74, 6) is 3.67. The quantitative estimate of drug-likeness (QED) is 0.775. The van der Waals surface area contributed by atoms with Gasteiger partial charge >= 0.3 is 0 Å². The number of nitrogens with one attached hydrogen (secondary N) is 1. The Hall–Kier alpha value is -0.640. The molecular weight excluding hydrogens is 194 g/mol. The molecule has 4 heteroatoms. The summed E-state index contributed by atoms with van der Waals surface area (Å²) in [6.45, 7) is 0. The van der Waals surface area contributed by atoms with Crippen LogP contribution in [0.3, 0.4) is 0 Å². The van der Waals surface area contributed by atoms with Crippen molar-refractivity contribution in [1.82, 2.24) is 14.8 Å². The number of hydrogen-bond acceptors (Lipinski definition) is 2. The van der Waals surface area contributed by atoms with Gasteiger partial charge in [-0.3, -0.25) is 5.10 Å². The molecule has 2 aliphatic carbocycles. The van der Waals surface area contributed by atoms with Crippen LogP contribution >= 0.6 is 12.2 Å². The number of rotatable bonds is 3. The Bertz CT molecular complexity index is 386. The van der Waals surface area contributed by atoms with E-state index in [1.807, 2.05) is 7.05 Å². The molecule has 0 saturated heterocycles. The summed E-state index contributed by atoms with van der Waals surface area (Å²) in [6.07, 6.45) is 5.56. The smallest absolute Gasteiger partial charge is 0.194 e. The number of aromatic nitrogens is 3. The molecule has 1 aromatic rings. The first-order valence-corrected chi connectivity index (χ1v) is 5.79. The Morgan fingerprint density at radius 3 is 2.29 bits per heavy atom. The second-order valence-corrected chi connectivity index (χ2v) is 5.03. The minimum atomic E-state index is 0.688. The summed E-state index contributed by atoms with van der Waals surface area (Å²) >= 11 is 5.15. The number of nitrogens with zero attached hydrogens (tertiary/aromatic N) is 2. The molecule has 0 amide bonds. The SMILES string of the molecule is Cn1c(C(C2CC2)C2CC2)n[nH]c1=S. The van der Waals surface area contributed by atoms with Gasteiger partial charge in [-0.15, -0.1) is 0 Å². The first-order valence-electron chi connectivity index (χ1n) is 5.38. The van der Waals surface area contributed by atoms with E-state index in [-0.39, 0.29) is 0 Å². The Morgan fingerprint density at radius 2 is 1.93 bits per heavy atom. The molecule has 0 atom stereocenters. The molecule has 3 rings (SSSR count). The minimum Gasteiger partial charge on any atom is -0.307 e. The Kier molecular flexibility index (Phi) is 1.81. The maximum atomic E-state index is 5.15. The zero-order valence-corrected chi connectivity index (χ0v) is 9.18. The van der Waals surface area contributed by atoms with Gasteiger partial charge in [-0.2, -0.15) is 5.10 Å². The molecule has 0 spiro atoms. The summed E-state index contributed by atoms with van der Waals surface area (Å²) in [5, 5.41) is 7.28. The molecular formula is C10H15N3S. The lowest BCUT2D eigenvalue weighted by atomic mass is 9.97. The third-order valence-electron chi connectivity index (χ3n) is 3.47. The minimum absolute atomic E-state index is 0.688. The lowest BCUT2D eigenvalue weighted by molar-refractivity contribution is 0.491. The van der Waals surface area contributed by atoms with E-state index in [0.717, 1.165) is 16.6 Å².